The Hall–Kier alpha value is -1.85. The van der Waals surface area contributed by atoms with Crippen molar-refractivity contribution in [2.75, 3.05) is 37.8 Å². The summed E-state index contributed by atoms with van der Waals surface area (Å²) in [6.07, 6.45) is 0.451. The first kappa shape index (κ1) is 14.2. The minimum atomic E-state index is 0.0974. The molecular formula is C12H21N5O. The zero-order valence-electron chi connectivity index (χ0n) is 11.4. The first-order valence-corrected chi connectivity index (χ1v) is 6.06. The van der Waals surface area contributed by atoms with Crippen molar-refractivity contribution in [2.24, 2.45) is 0 Å². The summed E-state index contributed by atoms with van der Waals surface area (Å²) in [7, 11) is 3.50. The Morgan fingerprint density at radius 1 is 1.28 bits per heavy atom. The van der Waals surface area contributed by atoms with E-state index >= 15 is 0 Å². The van der Waals surface area contributed by atoms with E-state index in [2.05, 4.69) is 20.6 Å². The zero-order valence-corrected chi connectivity index (χ0v) is 11.4. The molecule has 6 nitrogen and oxygen atoms in total. The summed E-state index contributed by atoms with van der Waals surface area (Å²) in [4.78, 5) is 21.5. The molecule has 2 N–H and O–H groups in total. The van der Waals surface area contributed by atoms with Crippen LogP contribution in [-0.2, 0) is 4.79 Å². The van der Waals surface area contributed by atoms with Crippen molar-refractivity contribution in [3.05, 3.63) is 11.9 Å². The van der Waals surface area contributed by atoms with Crippen LogP contribution in [0.5, 0.6) is 0 Å². The highest BCUT2D eigenvalue weighted by atomic mass is 16.2. The number of carbonyl (C=O) groups excluding carboxylic acids is 1. The van der Waals surface area contributed by atoms with Gasteiger partial charge in [-0.3, -0.25) is 4.79 Å². The standard InChI is InChI=1S/C12H21N5O/c1-5-13-10-8-11(16-9(2)15-10)14-7-6-12(18)17(3)4/h8H,5-7H2,1-4H3,(H2,13,14,15,16). The Morgan fingerprint density at radius 3 is 2.44 bits per heavy atom. The van der Waals surface area contributed by atoms with E-state index in [0.717, 1.165) is 18.2 Å². The van der Waals surface area contributed by atoms with Crippen LogP contribution in [0.25, 0.3) is 0 Å². The van der Waals surface area contributed by atoms with Crippen molar-refractivity contribution < 1.29 is 4.79 Å². The maximum Gasteiger partial charge on any atom is 0.223 e. The van der Waals surface area contributed by atoms with Crippen molar-refractivity contribution in [3.63, 3.8) is 0 Å². The Kier molecular flexibility index (Phi) is 5.35. The van der Waals surface area contributed by atoms with E-state index in [1.807, 2.05) is 19.9 Å². The molecule has 6 heteroatoms. The lowest BCUT2D eigenvalue weighted by Crippen LogP contribution is -2.24. The Labute approximate surface area is 108 Å². The van der Waals surface area contributed by atoms with Gasteiger partial charge in [0.15, 0.2) is 0 Å². The molecule has 0 bridgehead atoms. The van der Waals surface area contributed by atoms with E-state index in [-0.39, 0.29) is 5.91 Å². The number of amides is 1. The quantitative estimate of drug-likeness (QED) is 0.792. The van der Waals surface area contributed by atoms with Crippen LogP contribution in [0.3, 0.4) is 0 Å². The van der Waals surface area contributed by atoms with Crippen LogP contribution >= 0.6 is 0 Å². The third-order valence-corrected chi connectivity index (χ3v) is 2.34. The maximum absolute atomic E-state index is 11.4. The van der Waals surface area contributed by atoms with Gasteiger partial charge in [-0.2, -0.15) is 0 Å². The lowest BCUT2D eigenvalue weighted by molar-refractivity contribution is -0.128. The van der Waals surface area contributed by atoms with Crippen molar-refractivity contribution in [1.29, 1.82) is 0 Å². The number of aromatic nitrogens is 2. The fourth-order valence-corrected chi connectivity index (χ4v) is 1.45. The average molecular weight is 251 g/mol. The first-order chi connectivity index (χ1) is 8.52. The minimum absolute atomic E-state index is 0.0974. The highest BCUT2D eigenvalue weighted by molar-refractivity contribution is 5.76. The number of nitrogens with one attached hydrogen (secondary N) is 2. The molecule has 0 aliphatic rings. The number of hydrogen-bond acceptors (Lipinski definition) is 5. The number of anilines is 2. The van der Waals surface area contributed by atoms with Crippen LogP contribution in [-0.4, -0.2) is 48.0 Å². The van der Waals surface area contributed by atoms with Gasteiger partial charge in [0.05, 0.1) is 0 Å². The van der Waals surface area contributed by atoms with E-state index < -0.39 is 0 Å². The van der Waals surface area contributed by atoms with Gasteiger partial charge in [0.25, 0.3) is 0 Å². The number of nitrogens with zero attached hydrogens (tertiary/aromatic N) is 3. The lowest BCUT2D eigenvalue weighted by atomic mass is 10.3. The van der Waals surface area contributed by atoms with Gasteiger partial charge >= 0.3 is 0 Å². The molecule has 1 aromatic heterocycles. The van der Waals surface area contributed by atoms with Crippen LogP contribution in [0, 0.1) is 6.92 Å². The lowest BCUT2D eigenvalue weighted by Gasteiger charge is -2.11. The molecule has 0 aliphatic carbocycles. The molecule has 1 heterocycles. The molecule has 0 unspecified atom stereocenters. The summed E-state index contributed by atoms with van der Waals surface area (Å²) in [5, 5.41) is 6.27. The predicted octanol–water partition coefficient (Wildman–Crippen LogP) is 1.11. The van der Waals surface area contributed by atoms with Crippen molar-refractivity contribution in [3.8, 4) is 0 Å². The van der Waals surface area contributed by atoms with Crippen molar-refractivity contribution >= 4 is 17.5 Å². The largest absolute Gasteiger partial charge is 0.370 e. The summed E-state index contributed by atoms with van der Waals surface area (Å²) in [6, 6.07) is 1.84. The first-order valence-electron chi connectivity index (χ1n) is 6.06. The second kappa shape index (κ2) is 6.78. The Balaban J connectivity index is 2.54. The second-order valence-electron chi connectivity index (χ2n) is 4.18. The molecule has 1 aromatic rings. The van der Waals surface area contributed by atoms with Gasteiger partial charge in [-0.05, 0) is 13.8 Å². The van der Waals surface area contributed by atoms with E-state index in [0.29, 0.717) is 18.8 Å². The van der Waals surface area contributed by atoms with Gasteiger partial charge in [0.1, 0.15) is 17.5 Å². The molecule has 1 rings (SSSR count). The molecule has 0 saturated carbocycles. The topological polar surface area (TPSA) is 70.2 Å². The molecule has 0 spiro atoms. The molecule has 1 amide bonds. The van der Waals surface area contributed by atoms with Gasteiger partial charge < -0.3 is 15.5 Å². The van der Waals surface area contributed by atoms with Crippen LogP contribution in [0.15, 0.2) is 6.07 Å². The van der Waals surface area contributed by atoms with E-state index in [9.17, 15) is 4.79 Å². The number of carbonyl (C=O) groups is 1. The molecule has 0 aliphatic heterocycles. The van der Waals surface area contributed by atoms with E-state index in [4.69, 9.17) is 0 Å². The molecule has 0 radical (unpaired) electrons. The molecule has 0 aromatic carbocycles. The third kappa shape index (κ3) is 4.57. The van der Waals surface area contributed by atoms with E-state index in [1.54, 1.807) is 19.0 Å². The summed E-state index contributed by atoms with van der Waals surface area (Å²) in [5.41, 5.74) is 0. The summed E-state index contributed by atoms with van der Waals surface area (Å²) in [5.74, 6) is 2.34. The van der Waals surface area contributed by atoms with Crippen molar-refractivity contribution in [1.82, 2.24) is 14.9 Å². The summed E-state index contributed by atoms with van der Waals surface area (Å²) >= 11 is 0. The van der Waals surface area contributed by atoms with Gasteiger partial charge in [0, 0.05) is 39.7 Å². The Bertz CT molecular complexity index is 405. The molecule has 18 heavy (non-hydrogen) atoms. The van der Waals surface area contributed by atoms with Crippen LogP contribution in [0.4, 0.5) is 11.6 Å². The van der Waals surface area contributed by atoms with Crippen LogP contribution in [0.2, 0.25) is 0 Å². The highest BCUT2D eigenvalue weighted by Crippen LogP contribution is 2.10. The van der Waals surface area contributed by atoms with Gasteiger partial charge in [0.2, 0.25) is 5.91 Å². The number of hydrogen-bond donors (Lipinski definition) is 2. The molecule has 0 fully saturated rings. The zero-order chi connectivity index (χ0) is 13.5. The average Bonchev–Trinajstić information content (AvgIpc) is 2.28. The fourth-order valence-electron chi connectivity index (χ4n) is 1.45. The maximum atomic E-state index is 11.4. The SMILES string of the molecule is CCNc1cc(NCCC(=O)N(C)C)nc(C)n1. The molecule has 0 saturated heterocycles. The number of aryl methyl sites for hydroxylation is 1. The second-order valence-corrected chi connectivity index (χ2v) is 4.18. The highest BCUT2D eigenvalue weighted by Gasteiger charge is 2.04. The summed E-state index contributed by atoms with van der Waals surface area (Å²) < 4.78 is 0. The predicted molar refractivity (Wildman–Crippen MR) is 72.7 cm³/mol. The third-order valence-electron chi connectivity index (χ3n) is 2.34. The fraction of sp³-hybridized carbons (Fsp3) is 0.583. The van der Waals surface area contributed by atoms with Crippen molar-refractivity contribution in [2.45, 2.75) is 20.3 Å². The van der Waals surface area contributed by atoms with Gasteiger partial charge in [-0.1, -0.05) is 0 Å². The monoisotopic (exact) mass is 251 g/mol. The minimum Gasteiger partial charge on any atom is -0.370 e. The van der Waals surface area contributed by atoms with Gasteiger partial charge in [-0.15, -0.1) is 0 Å². The molecule has 100 valence electrons. The Morgan fingerprint density at radius 2 is 1.89 bits per heavy atom. The van der Waals surface area contributed by atoms with Crippen LogP contribution in [0.1, 0.15) is 19.2 Å². The molecule has 0 atom stereocenters. The summed E-state index contributed by atoms with van der Waals surface area (Å²) in [6.45, 7) is 5.24. The normalized spacial score (nSPS) is 10.0. The smallest absolute Gasteiger partial charge is 0.223 e. The van der Waals surface area contributed by atoms with Gasteiger partial charge in [-0.25, -0.2) is 9.97 Å². The van der Waals surface area contributed by atoms with Crippen LogP contribution < -0.4 is 10.6 Å². The number of rotatable bonds is 6. The molecular weight excluding hydrogens is 230 g/mol. The van der Waals surface area contributed by atoms with E-state index in [1.165, 1.54) is 0 Å².